The van der Waals surface area contributed by atoms with Gasteiger partial charge in [-0.1, -0.05) is 18.2 Å². The molecule has 0 unspecified atom stereocenters. The summed E-state index contributed by atoms with van der Waals surface area (Å²) in [5.41, 5.74) is 9.81. The van der Waals surface area contributed by atoms with Crippen molar-refractivity contribution in [1.82, 2.24) is 4.98 Å². The Hall–Kier alpha value is -2.29. The average molecular weight is 239 g/mol. The van der Waals surface area contributed by atoms with E-state index in [0.717, 1.165) is 22.6 Å². The molecule has 2 aromatic rings. The van der Waals surface area contributed by atoms with E-state index in [1.165, 1.54) is 0 Å². The van der Waals surface area contributed by atoms with E-state index in [4.69, 9.17) is 5.73 Å². The fourth-order valence-corrected chi connectivity index (χ4v) is 1.66. The van der Waals surface area contributed by atoms with Gasteiger partial charge >= 0.3 is 0 Å². The second kappa shape index (κ2) is 5.36. The van der Waals surface area contributed by atoms with Gasteiger partial charge in [0, 0.05) is 31.7 Å². The van der Waals surface area contributed by atoms with Crippen LogP contribution in [0.5, 0.6) is 0 Å². The zero-order valence-corrected chi connectivity index (χ0v) is 10.7. The highest BCUT2D eigenvalue weighted by Gasteiger charge is 1.99. The van der Waals surface area contributed by atoms with Gasteiger partial charge in [-0.15, -0.1) is 0 Å². The fraction of sp³-hybridized carbons (Fsp3) is 0.133. The lowest BCUT2D eigenvalue weighted by atomic mass is 10.1. The monoisotopic (exact) mass is 239 g/mol. The lowest BCUT2D eigenvalue weighted by Crippen LogP contribution is -2.08. The molecular formula is C15H17N3. The zero-order chi connectivity index (χ0) is 13.0. The zero-order valence-electron chi connectivity index (χ0n) is 10.7. The molecule has 0 atom stereocenters. The van der Waals surface area contributed by atoms with Gasteiger partial charge in [-0.2, -0.15) is 0 Å². The van der Waals surface area contributed by atoms with Crippen LogP contribution in [0.1, 0.15) is 11.3 Å². The Morgan fingerprint density at radius 3 is 2.39 bits per heavy atom. The molecule has 0 bridgehead atoms. The Labute approximate surface area is 108 Å². The number of rotatable bonds is 3. The molecule has 3 heteroatoms. The van der Waals surface area contributed by atoms with E-state index < -0.39 is 0 Å². The van der Waals surface area contributed by atoms with Crippen molar-refractivity contribution in [3.63, 3.8) is 0 Å². The number of nitrogens with two attached hydrogens (primary N) is 1. The van der Waals surface area contributed by atoms with Gasteiger partial charge in [0.2, 0.25) is 0 Å². The van der Waals surface area contributed by atoms with Gasteiger partial charge in [0.25, 0.3) is 0 Å². The van der Waals surface area contributed by atoms with Crippen molar-refractivity contribution in [2.24, 2.45) is 5.73 Å². The minimum absolute atomic E-state index is 0.721. The SMILES string of the molecule is CN(C)c1ccc(/C(N)=C/c2ccccn2)cc1. The van der Waals surface area contributed by atoms with Gasteiger partial charge in [0.15, 0.2) is 0 Å². The van der Waals surface area contributed by atoms with Gasteiger partial charge < -0.3 is 10.6 Å². The quantitative estimate of drug-likeness (QED) is 0.895. The molecule has 3 nitrogen and oxygen atoms in total. The van der Waals surface area contributed by atoms with Crippen molar-refractivity contribution in [2.45, 2.75) is 0 Å². The molecule has 2 N–H and O–H groups in total. The fourth-order valence-electron chi connectivity index (χ4n) is 1.66. The molecule has 0 radical (unpaired) electrons. The minimum Gasteiger partial charge on any atom is -0.398 e. The largest absolute Gasteiger partial charge is 0.398 e. The van der Waals surface area contributed by atoms with Gasteiger partial charge in [-0.3, -0.25) is 4.98 Å². The van der Waals surface area contributed by atoms with E-state index in [9.17, 15) is 0 Å². The number of aromatic nitrogens is 1. The Balaban J connectivity index is 2.24. The van der Waals surface area contributed by atoms with Crippen LogP contribution in [0.25, 0.3) is 11.8 Å². The standard InChI is InChI=1S/C15H17N3/c1-18(2)14-8-6-12(7-9-14)15(16)11-13-5-3-4-10-17-13/h3-11H,16H2,1-2H3/b15-11-. The van der Waals surface area contributed by atoms with E-state index in [-0.39, 0.29) is 0 Å². The van der Waals surface area contributed by atoms with Crippen molar-refractivity contribution >= 4 is 17.5 Å². The van der Waals surface area contributed by atoms with Crippen molar-refractivity contribution in [3.8, 4) is 0 Å². The van der Waals surface area contributed by atoms with Crippen LogP contribution in [0, 0.1) is 0 Å². The van der Waals surface area contributed by atoms with E-state index in [1.807, 2.05) is 50.5 Å². The summed E-state index contributed by atoms with van der Waals surface area (Å²) in [5, 5.41) is 0. The predicted molar refractivity (Wildman–Crippen MR) is 77.1 cm³/mol. The molecular weight excluding hydrogens is 222 g/mol. The van der Waals surface area contributed by atoms with E-state index in [2.05, 4.69) is 22.0 Å². The maximum Gasteiger partial charge on any atom is 0.0650 e. The lowest BCUT2D eigenvalue weighted by molar-refractivity contribution is 1.13. The Bertz CT molecular complexity index is 527. The highest BCUT2D eigenvalue weighted by molar-refractivity contribution is 5.78. The Morgan fingerprint density at radius 2 is 1.83 bits per heavy atom. The summed E-state index contributed by atoms with van der Waals surface area (Å²) in [6, 6.07) is 13.9. The molecule has 2 rings (SSSR count). The Kier molecular flexibility index (Phi) is 3.63. The van der Waals surface area contributed by atoms with Crippen molar-refractivity contribution < 1.29 is 0 Å². The predicted octanol–water partition coefficient (Wildman–Crippen LogP) is 2.60. The second-order valence-electron chi connectivity index (χ2n) is 4.30. The van der Waals surface area contributed by atoms with Crippen LogP contribution < -0.4 is 10.6 Å². The number of anilines is 1. The normalized spacial score (nSPS) is 11.3. The third-order valence-corrected chi connectivity index (χ3v) is 2.71. The van der Waals surface area contributed by atoms with Crippen LogP contribution in [-0.2, 0) is 0 Å². The van der Waals surface area contributed by atoms with Crippen LogP contribution >= 0.6 is 0 Å². The first-order valence-electron chi connectivity index (χ1n) is 5.83. The molecule has 0 fully saturated rings. The maximum absolute atomic E-state index is 6.06. The molecule has 0 saturated heterocycles. The van der Waals surface area contributed by atoms with Gasteiger partial charge in [-0.05, 0) is 35.9 Å². The number of nitrogens with zero attached hydrogens (tertiary/aromatic N) is 2. The Morgan fingerprint density at radius 1 is 1.11 bits per heavy atom. The summed E-state index contributed by atoms with van der Waals surface area (Å²) in [4.78, 5) is 6.28. The number of hydrogen-bond donors (Lipinski definition) is 1. The van der Waals surface area contributed by atoms with Gasteiger partial charge in [0.05, 0.1) is 5.69 Å². The first kappa shape index (κ1) is 12.2. The molecule has 0 aliphatic rings. The van der Waals surface area contributed by atoms with E-state index in [1.54, 1.807) is 6.20 Å². The second-order valence-corrected chi connectivity index (χ2v) is 4.30. The first-order chi connectivity index (χ1) is 8.66. The summed E-state index contributed by atoms with van der Waals surface area (Å²) >= 11 is 0. The van der Waals surface area contributed by atoms with Crippen molar-refractivity contribution in [2.75, 3.05) is 19.0 Å². The molecule has 0 spiro atoms. The maximum atomic E-state index is 6.06. The topological polar surface area (TPSA) is 42.1 Å². The summed E-state index contributed by atoms with van der Waals surface area (Å²) < 4.78 is 0. The van der Waals surface area contributed by atoms with Crippen molar-refractivity contribution in [3.05, 3.63) is 59.9 Å². The van der Waals surface area contributed by atoms with Crippen LogP contribution in [0.15, 0.2) is 48.7 Å². The number of benzene rings is 1. The summed E-state index contributed by atoms with van der Waals surface area (Å²) in [7, 11) is 4.03. The highest BCUT2D eigenvalue weighted by atomic mass is 15.1. The minimum atomic E-state index is 0.721. The van der Waals surface area contributed by atoms with Crippen LogP contribution in [0.3, 0.4) is 0 Å². The van der Waals surface area contributed by atoms with Crippen LogP contribution in [0.2, 0.25) is 0 Å². The molecule has 0 amide bonds. The first-order valence-corrected chi connectivity index (χ1v) is 5.83. The van der Waals surface area contributed by atoms with Gasteiger partial charge in [0.1, 0.15) is 0 Å². The molecule has 0 aliphatic carbocycles. The highest BCUT2D eigenvalue weighted by Crippen LogP contribution is 2.17. The molecule has 1 aromatic carbocycles. The third-order valence-electron chi connectivity index (χ3n) is 2.71. The summed E-state index contributed by atoms with van der Waals surface area (Å²) in [6.07, 6.45) is 3.64. The van der Waals surface area contributed by atoms with Crippen molar-refractivity contribution in [1.29, 1.82) is 0 Å². The van der Waals surface area contributed by atoms with Crippen LogP contribution in [0.4, 0.5) is 5.69 Å². The smallest absolute Gasteiger partial charge is 0.0650 e. The molecule has 92 valence electrons. The summed E-state index contributed by atoms with van der Waals surface area (Å²) in [6.45, 7) is 0. The number of hydrogen-bond acceptors (Lipinski definition) is 3. The van der Waals surface area contributed by atoms with E-state index >= 15 is 0 Å². The number of pyridine rings is 1. The van der Waals surface area contributed by atoms with Crippen LogP contribution in [-0.4, -0.2) is 19.1 Å². The third kappa shape index (κ3) is 2.88. The molecule has 1 aromatic heterocycles. The molecule has 0 saturated carbocycles. The lowest BCUT2D eigenvalue weighted by Gasteiger charge is -2.12. The molecule has 18 heavy (non-hydrogen) atoms. The average Bonchev–Trinajstić information content (AvgIpc) is 2.40. The summed E-state index contributed by atoms with van der Waals surface area (Å²) in [5.74, 6) is 0. The van der Waals surface area contributed by atoms with E-state index in [0.29, 0.717) is 0 Å². The molecule has 0 aliphatic heterocycles. The molecule has 1 heterocycles. The van der Waals surface area contributed by atoms with Gasteiger partial charge in [-0.25, -0.2) is 0 Å².